The van der Waals surface area contributed by atoms with Crippen LogP contribution in [0.2, 0.25) is 0 Å². The van der Waals surface area contributed by atoms with Crippen molar-refractivity contribution >= 4 is 6.29 Å². The van der Waals surface area contributed by atoms with E-state index in [9.17, 15) is 4.79 Å². The molecule has 32 heavy (non-hydrogen) atoms. The van der Waals surface area contributed by atoms with Gasteiger partial charge in [0.1, 0.15) is 6.29 Å². The summed E-state index contributed by atoms with van der Waals surface area (Å²) in [5.74, 6) is 5.60. The fourth-order valence-electron chi connectivity index (χ4n) is 7.66. The molecule has 0 amide bonds. The highest BCUT2D eigenvalue weighted by Crippen LogP contribution is 2.44. The highest BCUT2D eigenvalue weighted by Gasteiger charge is 2.31. The molecule has 1 nitrogen and oxygen atoms in total. The molecule has 4 aliphatic rings. The van der Waals surface area contributed by atoms with Crippen molar-refractivity contribution in [1.82, 2.24) is 0 Å². The van der Waals surface area contributed by atoms with E-state index >= 15 is 0 Å². The van der Waals surface area contributed by atoms with Crippen LogP contribution < -0.4 is 0 Å². The molecule has 0 aromatic carbocycles. The van der Waals surface area contributed by atoms with E-state index in [1.54, 1.807) is 0 Å². The van der Waals surface area contributed by atoms with Gasteiger partial charge >= 0.3 is 0 Å². The van der Waals surface area contributed by atoms with Crippen LogP contribution in [0.4, 0.5) is 0 Å². The second-order valence-corrected chi connectivity index (χ2v) is 11.9. The average molecular weight is 437 g/mol. The van der Waals surface area contributed by atoms with Crippen molar-refractivity contribution in [3.63, 3.8) is 0 Å². The van der Waals surface area contributed by atoms with Gasteiger partial charge in [-0.1, -0.05) is 70.3 Å². The van der Waals surface area contributed by atoms with E-state index in [1.807, 2.05) is 0 Å². The molecule has 4 rings (SSSR count). The Labute approximate surface area is 198 Å². The van der Waals surface area contributed by atoms with Gasteiger partial charge in [0.15, 0.2) is 0 Å². The lowest BCUT2D eigenvalue weighted by Crippen LogP contribution is -2.26. The summed E-state index contributed by atoms with van der Waals surface area (Å²) in [5.41, 5.74) is 2.82. The minimum absolute atomic E-state index is 0.310. The molecule has 0 aliphatic heterocycles. The topological polar surface area (TPSA) is 17.1 Å². The van der Waals surface area contributed by atoms with Crippen molar-refractivity contribution in [1.29, 1.82) is 0 Å². The molecule has 3 saturated carbocycles. The molecule has 1 atom stereocenters. The molecular formula is C31H48O. The van der Waals surface area contributed by atoms with E-state index in [4.69, 9.17) is 0 Å². The van der Waals surface area contributed by atoms with Crippen LogP contribution in [0.3, 0.4) is 0 Å². The first-order chi connectivity index (χ1) is 15.7. The number of carbonyl (C=O) groups excluding carboxylic acids is 1. The fourth-order valence-corrected chi connectivity index (χ4v) is 7.66. The minimum atomic E-state index is 0.310. The Hall–Kier alpha value is -1.11. The van der Waals surface area contributed by atoms with Crippen molar-refractivity contribution in [3.05, 3.63) is 36.0 Å². The monoisotopic (exact) mass is 436 g/mol. The number of rotatable bonds is 8. The van der Waals surface area contributed by atoms with Gasteiger partial charge in [-0.2, -0.15) is 0 Å². The van der Waals surface area contributed by atoms with E-state index in [0.29, 0.717) is 17.8 Å². The maximum Gasteiger partial charge on any atom is 0.123 e. The summed E-state index contributed by atoms with van der Waals surface area (Å²) in [7, 11) is 0. The summed E-state index contributed by atoms with van der Waals surface area (Å²) in [5, 5.41) is 0. The van der Waals surface area contributed by atoms with Crippen LogP contribution in [0.25, 0.3) is 0 Å². The van der Waals surface area contributed by atoms with Gasteiger partial charge in [-0.05, 0) is 105 Å². The normalized spacial score (nSPS) is 38.3. The highest BCUT2D eigenvalue weighted by molar-refractivity contribution is 5.53. The lowest BCUT2D eigenvalue weighted by Gasteiger charge is -2.38. The van der Waals surface area contributed by atoms with Crippen LogP contribution in [0, 0.1) is 41.4 Å². The number of allylic oxidation sites excluding steroid dienone is 5. The Balaban J connectivity index is 1.15. The Kier molecular flexibility index (Phi) is 8.90. The van der Waals surface area contributed by atoms with Crippen LogP contribution in [-0.2, 0) is 4.79 Å². The number of aldehydes is 1. The molecule has 0 N–H and O–H groups in total. The number of hydrogen-bond donors (Lipinski definition) is 0. The van der Waals surface area contributed by atoms with E-state index < -0.39 is 0 Å². The Morgan fingerprint density at radius 3 is 1.91 bits per heavy atom. The van der Waals surface area contributed by atoms with Crippen LogP contribution >= 0.6 is 0 Å². The molecule has 4 aliphatic carbocycles. The predicted octanol–water partition coefficient (Wildman–Crippen LogP) is 8.85. The van der Waals surface area contributed by atoms with Crippen LogP contribution in [0.5, 0.6) is 0 Å². The lowest BCUT2D eigenvalue weighted by atomic mass is 9.68. The number of hydrogen-bond acceptors (Lipinski definition) is 1. The third-order valence-electron chi connectivity index (χ3n) is 9.82. The van der Waals surface area contributed by atoms with Gasteiger partial charge in [-0.15, -0.1) is 0 Å². The van der Waals surface area contributed by atoms with E-state index in [2.05, 4.69) is 31.7 Å². The molecule has 0 radical (unpaired) electrons. The molecule has 1 unspecified atom stereocenters. The van der Waals surface area contributed by atoms with Gasteiger partial charge in [0.2, 0.25) is 0 Å². The SMILES string of the molecule is C=C1C=C(CCC2CCC(C3CCC(CCC)CC3)CC2)C=CC1C1CCC(C=O)CC1. The van der Waals surface area contributed by atoms with Gasteiger partial charge < -0.3 is 4.79 Å². The Morgan fingerprint density at radius 1 is 0.812 bits per heavy atom. The molecule has 0 bridgehead atoms. The van der Waals surface area contributed by atoms with Gasteiger partial charge in [0.25, 0.3) is 0 Å². The summed E-state index contributed by atoms with van der Waals surface area (Å²) in [6.07, 6.45) is 30.4. The second-order valence-electron chi connectivity index (χ2n) is 11.9. The van der Waals surface area contributed by atoms with E-state index in [-0.39, 0.29) is 0 Å². The average Bonchev–Trinajstić information content (AvgIpc) is 2.84. The van der Waals surface area contributed by atoms with Crippen LogP contribution in [-0.4, -0.2) is 6.29 Å². The first-order valence-electron chi connectivity index (χ1n) is 14.2. The summed E-state index contributed by atoms with van der Waals surface area (Å²) in [4.78, 5) is 11.0. The van der Waals surface area contributed by atoms with Gasteiger partial charge in [-0.25, -0.2) is 0 Å². The summed E-state index contributed by atoms with van der Waals surface area (Å²) < 4.78 is 0. The third kappa shape index (κ3) is 6.27. The van der Waals surface area contributed by atoms with Crippen molar-refractivity contribution in [2.45, 2.75) is 110 Å². The van der Waals surface area contributed by atoms with Crippen molar-refractivity contribution in [2.75, 3.05) is 0 Å². The smallest absolute Gasteiger partial charge is 0.123 e. The molecule has 0 aromatic rings. The largest absolute Gasteiger partial charge is 0.303 e. The maximum atomic E-state index is 11.0. The third-order valence-corrected chi connectivity index (χ3v) is 9.82. The summed E-state index contributed by atoms with van der Waals surface area (Å²) in [6.45, 7) is 6.79. The molecule has 1 heteroatoms. The summed E-state index contributed by atoms with van der Waals surface area (Å²) >= 11 is 0. The zero-order valence-electron chi connectivity index (χ0n) is 20.8. The van der Waals surface area contributed by atoms with Gasteiger partial charge in [0.05, 0.1) is 0 Å². The molecule has 3 fully saturated rings. The van der Waals surface area contributed by atoms with Crippen molar-refractivity contribution in [2.24, 2.45) is 41.4 Å². The molecular weight excluding hydrogens is 388 g/mol. The number of carbonyl (C=O) groups is 1. The zero-order chi connectivity index (χ0) is 22.3. The van der Waals surface area contributed by atoms with Crippen LogP contribution in [0.1, 0.15) is 110 Å². The molecule has 0 heterocycles. The Morgan fingerprint density at radius 2 is 1.38 bits per heavy atom. The molecule has 0 spiro atoms. The van der Waals surface area contributed by atoms with Gasteiger partial charge in [0, 0.05) is 11.8 Å². The lowest BCUT2D eigenvalue weighted by molar-refractivity contribution is -0.112. The van der Waals surface area contributed by atoms with E-state index in [1.165, 1.54) is 107 Å². The first kappa shape index (κ1) is 24.0. The quantitative estimate of drug-likeness (QED) is 0.347. The first-order valence-corrected chi connectivity index (χ1v) is 14.2. The molecule has 0 saturated heterocycles. The second kappa shape index (κ2) is 11.8. The fraction of sp³-hybridized carbons (Fsp3) is 0.774. The van der Waals surface area contributed by atoms with Crippen LogP contribution in [0.15, 0.2) is 36.0 Å². The maximum absolute atomic E-state index is 11.0. The van der Waals surface area contributed by atoms with Crippen molar-refractivity contribution in [3.8, 4) is 0 Å². The highest BCUT2D eigenvalue weighted by atomic mass is 16.1. The van der Waals surface area contributed by atoms with Gasteiger partial charge in [-0.3, -0.25) is 0 Å². The standard InChI is InChI=1S/C31H48O/c1-3-4-24-7-14-28(15-8-24)29-16-9-25(10-17-29)5-6-26-13-20-31(23(2)21-26)30-18-11-27(22-32)12-19-30/h13,20-22,24-25,27-31H,2-12,14-19H2,1H3. The van der Waals surface area contributed by atoms with Crippen molar-refractivity contribution < 1.29 is 4.79 Å². The molecule has 178 valence electrons. The minimum Gasteiger partial charge on any atom is -0.303 e. The zero-order valence-corrected chi connectivity index (χ0v) is 20.8. The predicted molar refractivity (Wildman–Crippen MR) is 136 cm³/mol. The van der Waals surface area contributed by atoms with E-state index in [0.717, 1.165) is 36.5 Å². The Bertz CT molecular complexity index is 661. The summed E-state index contributed by atoms with van der Waals surface area (Å²) in [6, 6.07) is 0. The molecule has 0 aromatic heterocycles.